The fraction of sp³-hybridized carbons (Fsp3) is 0.462. The Morgan fingerprint density at radius 1 is 1.35 bits per heavy atom. The van der Waals surface area contributed by atoms with Gasteiger partial charge in [-0.05, 0) is 24.3 Å². The molecule has 17 heavy (non-hydrogen) atoms. The molecule has 2 rings (SSSR count). The minimum atomic E-state index is -0.0687. The largest absolute Gasteiger partial charge is 0.348 e. The van der Waals surface area contributed by atoms with E-state index in [4.69, 9.17) is 5.73 Å². The molecule has 3 nitrogen and oxygen atoms in total. The van der Waals surface area contributed by atoms with Crippen LogP contribution in [0, 0.1) is 5.92 Å². The molecule has 1 unspecified atom stereocenters. The van der Waals surface area contributed by atoms with Gasteiger partial charge >= 0.3 is 0 Å². The summed E-state index contributed by atoms with van der Waals surface area (Å²) < 4.78 is 0. The summed E-state index contributed by atoms with van der Waals surface area (Å²) in [6.45, 7) is 0.0655. The predicted octanol–water partition coefficient (Wildman–Crippen LogP) is 2.02. The van der Waals surface area contributed by atoms with Gasteiger partial charge in [0.25, 0.3) is 0 Å². The molecule has 0 radical (unpaired) electrons. The standard InChI is InChI=1S/C13H18N2O.ClH/c14-9-12(16)15-13(11-7-4-8-11)10-5-2-1-3-6-10;/h1-3,5-6,11,13H,4,7-9,14H2,(H,15,16);1H. The van der Waals surface area contributed by atoms with Gasteiger partial charge in [-0.2, -0.15) is 0 Å². The third-order valence-electron chi connectivity index (χ3n) is 3.28. The number of amides is 1. The SMILES string of the molecule is Cl.NCC(=O)NC(c1ccccc1)C1CCC1. The van der Waals surface area contributed by atoms with Crippen molar-refractivity contribution in [2.45, 2.75) is 25.3 Å². The number of nitrogens with one attached hydrogen (secondary N) is 1. The van der Waals surface area contributed by atoms with E-state index in [0.29, 0.717) is 5.92 Å². The summed E-state index contributed by atoms with van der Waals surface area (Å²) in [5.74, 6) is 0.513. The summed E-state index contributed by atoms with van der Waals surface area (Å²) in [6.07, 6.45) is 3.67. The van der Waals surface area contributed by atoms with Gasteiger partial charge in [-0.15, -0.1) is 12.4 Å². The lowest BCUT2D eigenvalue weighted by Gasteiger charge is -2.34. The van der Waals surface area contributed by atoms with E-state index in [1.165, 1.54) is 24.8 Å². The van der Waals surface area contributed by atoms with E-state index in [-0.39, 0.29) is 30.9 Å². The van der Waals surface area contributed by atoms with Gasteiger partial charge in [0.2, 0.25) is 5.91 Å². The van der Waals surface area contributed by atoms with Crippen molar-refractivity contribution < 1.29 is 4.79 Å². The van der Waals surface area contributed by atoms with Crippen molar-refractivity contribution in [2.75, 3.05) is 6.54 Å². The Kier molecular flexibility index (Phi) is 5.45. The molecule has 1 amide bonds. The summed E-state index contributed by atoms with van der Waals surface area (Å²) in [5, 5.41) is 3.02. The van der Waals surface area contributed by atoms with Crippen LogP contribution in [0.4, 0.5) is 0 Å². The monoisotopic (exact) mass is 254 g/mol. The molecule has 3 N–H and O–H groups in total. The van der Waals surface area contributed by atoms with Crippen LogP contribution in [0.5, 0.6) is 0 Å². The van der Waals surface area contributed by atoms with E-state index < -0.39 is 0 Å². The third-order valence-corrected chi connectivity index (χ3v) is 3.28. The number of rotatable bonds is 4. The number of carbonyl (C=O) groups is 1. The lowest BCUT2D eigenvalue weighted by Crippen LogP contribution is -2.39. The molecule has 1 atom stereocenters. The van der Waals surface area contributed by atoms with Gasteiger partial charge in [-0.3, -0.25) is 4.79 Å². The van der Waals surface area contributed by atoms with Gasteiger partial charge in [-0.1, -0.05) is 36.8 Å². The molecule has 1 aliphatic rings. The first kappa shape index (κ1) is 14.0. The van der Waals surface area contributed by atoms with Gasteiger partial charge in [0.1, 0.15) is 0 Å². The highest BCUT2D eigenvalue weighted by Gasteiger charge is 2.29. The smallest absolute Gasteiger partial charge is 0.234 e. The molecular formula is C13H19ClN2O. The Morgan fingerprint density at radius 3 is 2.47 bits per heavy atom. The zero-order valence-electron chi connectivity index (χ0n) is 9.76. The second kappa shape index (κ2) is 6.62. The highest BCUT2D eigenvalue weighted by molar-refractivity contribution is 5.85. The van der Waals surface area contributed by atoms with E-state index in [0.717, 1.165) is 0 Å². The Bertz CT molecular complexity index is 352. The van der Waals surface area contributed by atoms with Crippen LogP contribution < -0.4 is 11.1 Å². The molecule has 0 heterocycles. The second-order valence-electron chi connectivity index (χ2n) is 4.35. The van der Waals surface area contributed by atoms with Crippen molar-refractivity contribution in [1.82, 2.24) is 5.32 Å². The fourth-order valence-electron chi connectivity index (χ4n) is 2.14. The van der Waals surface area contributed by atoms with E-state index in [2.05, 4.69) is 17.4 Å². The summed E-state index contributed by atoms with van der Waals surface area (Å²) in [6, 6.07) is 10.3. The van der Waals surface area contributed by atoms with E-state index in [1.807, 2.05) is 18.2 Å². The Labute approximate surface area is 108 Å². The molecule has 1 aromatic carbocycles. The fourth-order valence-corrected chi connectivity index (χ4v) is 2.14. The maximum atomic E-state index is 11.4. The highest BCUT2D eigenvalue weighted by Crippen LogP contribution is 2.37. The lowest BCUT2D eigenvalue weighted by molar-refractivity contribution is -0.121. The number of hydrogen-bond acceptors (Lipinski definition) is 2. The molecule has 94 valence electrons. The molecule has 1 fully saturated rings. The van der Waals surface area contributed by atoms with E-state index in [9.17, 15) is 4.79 Å². The molecule has 1 aromatic rings. The number of nitrogens with two attached hydrogens (primary N) is 1. The number of hydrogen-bond donors (Lipinski definition) is 2. The van der Waals surface area contributed by atoms with Gasteiger partial charge < -0.3 is 11.1 Å². The van der Waals surface area contributed by atoms with Crippen LogP contribution in [-0.4, -0.2) is 12.5 Å². The van der Waals surface area contributed by atoms with Gasteiger partial charge in [0.15, 0.2) is 0 Å². The summed E-state index contributed by atoms with van der Waals surface area (Å²) in [5.41, 5.74) is 6.53. The third kappa shape index (κ3) is 3.45. The van der Waals surface area contributed by atoms with Crippen LogP contribution in [-0.2, 0) is 4.79 Å². The van der Waals surface area contributed by atoms with Gasteiger partial charge in [0.05, 0.1) is 12.6 Å². The van der Waals surface area contributed by atoms with Crippen LogP contribution in [0.25, 0.3) is 0 Å². The van der Waals surface area contributed by atoms with Crippen LogP contribution in [0.3, 0.4) is 0 Å². The topological polar surface area (TPSA) is 55.1 Å². The lowest BCUT2D eigenvalue weighted by atomic mass is 9.77. The zero-order chi connectivity index (χ0) is 11.4. The average Bonchev–Trinajstić information content (AvgIpc) is 2.27. The first-order valence-electron chi connectivity index (χ1n) is 5.85. The number of halogens is 1. The molecule has 1 aliphatic carbocycles. The molecule has 0 spiro atoms. The van der Waals surface area contributed by atoms with E-state index >= 15 is 0 Å². The Morgan fingerprint density at radius 2 is 2.00 bits per heavy atom. The quantitative estimate of drug-likeness (QED) is 0.864. The second-order valence-corrected chi connectivity index (χ2v) is 4.35. The number of carbonyl (C=O) groups excluding carboxylic acids is 1. The minimum absolute atomic E-state index is 0. The van der Waals surface area contributed by atoms with Gasteiger partial charge in [-0.25, -0.2) is 0 Å². The van der Waals surface area contributed by atoms with E-state index in [1.54, 1.807) is 0 Å². The Balaban J connectivity index is 0.00000144. The van der Waals surface area contributed by atoms with Crippen molar-refractivity contribution in [1.29, 1.82) is 0 Å². The molecule has 0 aliphatic heterocycles. The van der Waals surface area contributed by atoms with Crippen molar-refractivity contribution in [3.63, 3.8) is 0 Å². The first-order valence-corrected chi connectivity index (χ1v) is 5.85. The molecular weight excluding hydrogens is 236 g/mol. The van der Waals surface area contributed by atoms with Crippen LogP contribution in [0.2, 0.25) is 0 Å². The normalized spacial score (nSPS) is 16.5. The number of benzene rings is 1. The minimum Gasteiger partial charge on any atom is -0.348 e. The van der Waals surface area contributed by atoms with Crippen molar-refractivity contribution in [3.05, 3.63) is 35.9 Å². The van der Waals surface area contributed by atoms with Crippen molar-refractivity contribution >= 4 is 18.3 Å². The van der Waals surface area contributed by atoms with Crippen LogP contribution in [0.15, 0.2) is 30.3 Å². The molecule has 4 heteroatoms. The summed E-state index contributed by atoms with van der Waals surface area (Å²) in [7, 11) is 0. The van der Waals surface area contributed by atoms with Crippen molar-refractivity contribution in [2.24, 2.45) is 11.7 Å². The van der Waals surface area contributed by atoms with Gasteiger partial charge in [0, 0.05) is 0 Å². The maximum Gasteiger partial charge on any atom is 0.234 e. The zero-order valence-corrected chi connectivity index (χ0v) is 10.6. The molecule has 0 bridgehead atoms. The molecule has 1 saturated carbocycles. The average molecular weight is 255 g/mol. The van der Waals surface area contributed by atoms with Crippen LogP contribution >= 0.6 is 12.4 Å². The predicted molar refractivity (Wildman–Crippen MR) is 71.0 cm³/mol. The summed E-state index contributed by atoms with van der Waals surface area (Å²) in [4.78, 5) is 11.4. The summed E-state index contributed by atoms with van der Waals surface area (Å²) >= 11 is 0. The van der Waals surface area contributed by atoms with Crippen molar-refractivity contribution in [3.8, 4) is 0 Å². The Hall–Kier alpha value is -1.06. The maximum absolute atomic E-state index is 11.4. The molecule has 0 saturated heterocycles. The first-order chi connectivity index (χ1) is 7.81. The highest BCUT2D eigenvalue weighted by atomic mass is 35.5. The molecule has 0 aromatic heterocycles. The van der Waals surface area contributed by atoms with Crippen LogP contribution in [0.1, 0.15) is 30.9 Å².